The molecule has 2 aromatic carbocycles. The molecule has 0 saturated heterocycles. The fraction of sp³-hybridized carbons (Fsp3) is 0.261. The summed E-state index contributed by atoms with van der Waals surface area (Å²) in [7, 11) is 1.29. The molecule has 3 aromatic rings. The highest BCUT2D eigenvalue weighted by Crippen LogP contribution is 2.41. The first-order chi connectivity index (χ1) is 14.6. The van der Waals surface area contributed by atoms with E-state index in [0.717, 1.165) is 24.0 Å². The molecule has 2 N–H and O–H groups in total. The first kappa shape index (κ1) is 20.3. The van der Waals surface area contributed by atoms with E-state index >= 15 is 0 Å². The van der Waals surface area contributed by atoms with Gasteiger partial charge in [-0.2, -0.15) is 0 Å². The van der Waals surface area contributed by atoms with Gasteiger partial charge in [-0.3, -0.25) is 0 Å². The second-order valence-corrected chi connectivity index (χ2v) is 7.63. The van der Waals surface area contributed by atoms with Gasteiger partial charge in [0.1, 0.15) is 22.8 Å². The third-order valence-electron chi connectivity index (χ3n) is 5.10. The summed E-state index contributed by atoms with van der Waals surface area (Å²) in [5, 5.41) is 14.5. The Morgan fingerprint density at radius 2 is 1.67 bits per heavy atom. The molecule has 0 radical (unpaired) electrons. The largest absolute Gasteiger partial charge is 0.464 e. The molecular weight excluding hydrogens is 402 g/mol. The molecule has 30 heavy (non-hydrogen) atoms. The van der Waals surface area contributed by atoms with Crippen molar-refractivity contribution < 1.29 is 14.6 Å². The van der Waals surface area contributed by atoms with Crippen LogP contribution in [0.25, 0.3) is 0 Å². The van der Waals surface area contributed by atoms with Crippen LogP contribution in [0.15, 0.2) is 60.7 Å². The van der Waals surface area contributed by atoms with Gasteiger partial charge in [-0.25, -0.2) is 14.8 Å². The number of hydrogen-bond donors (Lipinski definition) is 2. The van der Waals surface area contributed by atoms with E-state index in [1.54, 1.807) is 0 Å². The van der Waals surface area contributed by atoms with E-state index in [1.807, 2.05) is 60.7 Å². The molecule has 1 saturated carbocycles. The lowest BCUT2D eigenvalue weighted by Gasteiger charge is -2.26. The van der Waals surface area contributed by atoms with Crippen LogP contribution in [0.1, 0.15) is 58.3 Å². The SMILES string of the molecule is COC(=O)c1nc(C2CC2)nc(N[C@H](c2ccccc2)[C@@H](O)c2ccccc2)c1Cl. The Balaban J connectivity index is 1.76. The third kappa shape index (κ3) is 4.30. The zero-order valence-corrected chi connectivity index (χ0v) is 17.2. The molecular formula is C23H22ClN3O3. The van der Waals surface area contributed by atoms with E-state index in [2.05, 4.69) is 15.3 Å². The molecule has 0 bridgehead atoms. The van der Waals surface area contributed by atoms with Gasteiger partial charge in [-0.05, 0) is 24.0 Å². The van der Waals surface area contributed by atoms with Crippen molar-refractivity contribution in [3.05, 3.63) is 88.3 Å². The number of carbonyl (C=O) groups excluding carboxylic acids is 1. The molecule has 154 valence electrons. The van der Waals surface area contributed by atoms with Crippen LogP contribution in [0, 0.1) is 0 Å². The maximum atomic E-state index is 12.2. The van der Waals surface area contributed by atoms with Crippen molar-refractivity contribution in [1.29, 1.82) is 0 Å². The normalized spacial score (nSPS) is 15.3. The fourth-order valence-electron chi connectivity index (χ4n) is 3.31. The number of halogens is 1. The zero-order chi connectivity index (χ0) is 21.1. The van der Waals surface area contributed by atoms with Gasteiger partial charge < -0.3 is 15.2 Å². The molecule has 1 heterocycles. The second kappa shape index (κ2) is 8.81. The molecule has 1 aromatic heterocycles. The summed E-state index contributed by atoms with van der Waals surface area (Å²) < 4.78 is 4.84. The zero-order valence-electron chi connectivity index (χ0n) is 16.5. The van der Waals surface area contributed by atoms with Crippen LogP contribution in [0.2, 0.25) is 5.02 Å². The van der Waals surface area contributed by atoms with E-state index < -0.39 is 18.1 Å². The number of aliphatic hydroxyl groups is 1. The number of anilines is 1. The van der Waals surface area contributed by atoms with Crippen LogP contribution in [-0.4, -0.2) is 28.2 Å². The summed E-state index contributed by atoms with van der Waals surface area (Å²) in [5.74, 6) is 0.453. The van der Waals surface area contributed by atoms with Crippen LogP contribution >= 0.6 is 11.6 Å². The van der Waals surface area contributed by atoms with Crippen LogP contribution < -0.4 is 5.32 Å². The molecule has 7 heteroatoms. The molecule has 0 spiro atoms. The van der Waals surface area contributed by atoms with E-state index in [0.29, 0.717) is 11.6 Å². The average molecular weight is 424 g/mol. The summed E-state index contributed by atoms with van der Waals surface area (Å²) >= 11 is 6.49. The first-order valence-electron chi connectivity index (χ1n) is 9.78. The predicted octanol–water partition coefficient (Wildman–Crippen LogP) is 4.68. The van der Waals surface area contributed by atoms with Crippen molar-refractivity contribution in [1.82, 2.24) is 9.97 Å². The number of rotatable bonds is 7. The lowest BCUT2D eigenvalue weighted by molar-refractivity contribution is 0.0593. The molecule has 1 aliphatic carbocycles. The highest BCUT2D eigenvalue weighted by atomic mass is 35.5. The van der Waals surface area contributed by atoms with Gasteiger partial charge >= 0.3 is 5.97 Å². The van der Waals surface area contributed by atoms with E-state index in [4.69, 9.17) is 16.3 Å². The van der Waals surface area contributed by atoms with Crippen LogP contribution in [0.4, 0.5) is 5.82 Å². The lowest BCUT2D eigenvalue weighted by atomic mass is 9.96. The number of benzene rings is 2. The average Bonchev–Trinajstić information content (AvgIpc) is 3.64. The number of aliphatic hydroxyl groups excluding tert-OH is 1. The monoisotopic (exact) mass is 423 g/mol. The van der Waals surface area contributed by atoms with Gasteiger partial charge in [-0.15, -0.1) is 0 Å². The maximum Gasteiger partial charge on any atom is 0.358 e. The number of nitrogens with zero attached hydrogens (tertiary/aromatic N) is 2. The van der Waals surface area contributed by atoms with E-state index in [9.17, 15) is 9.90 Å². The molecule has 0 unspecified atom stereocenters. The Bertz CT molecular complexity index is 1030. The second-order valence-electron chi connectivity index (χ2n) is 7.25. The molecule has 1 fully saturated rings. The summed E-state index contributed by atoms with van der Waals surface area (Å²) in [5.41, 5.74) is 1.63. The van der Waals surface area contributed by atoms with Crippen molar-refractivity contribution in [2.24, 2.45) is 0 Å². The van der Waals surface area contributed by atoms with Crippen molar-refractivity contribution >= 4 is 23.4 Å². The van der Waals surface area contributed by atoms with Crippen molar-refractivity contribution in [2.45, 2.75) is 30.9 Å². The quantitative estimate of drug-likeness (QED) is 0.537. The molecule has 4 rings (SSSR count). The minimum Gasteiger partial charge on any atom is -0.464 e. The van der Waals surface area contributed by atoms with Crippen LogP contribution in [0.5, 0.6) is 0 Å². The molecule has 2 atom stereocenters. The Hall–Kier alpha value is -2.96. The Kier molecular flexibility index (Phi) is 5.97. The highest BCUT2D eigenvalue weighted by Gasteiger charge is 2.31. The first-order valence-corrected chi connectivity index (χ1v) is 10.2. The van der Waals surface area contributed by atoms with Crippen molar-refractivity contribution in [2.75, 3.05) is 12.4 Å². The maximum absolute atomic E-state index is 12.2. The third-order valence-corrected chi connectivity index (χ3v) is 5.46. The number of nitrogens with one attached hydrogen (secondary N) is 1. The standard InChI is InChI=1S/C23H22ClN3O3/c1-30-23(29)19-17(24)22(27-21(26-19)16-12-13-16)25-18(14-8-4-2-5-9-14)20(28)15-10-6-3-7-11-15/h2-11,16,18,20,28H,12-13H2,1H3,(H,25,26,27)/t18-,20+/m1/s1. The van der Waals surface area contributed by atoms with Gasteiger partial charge in [0.25, 0.3) is 0 Å². The lowest BCUT2D eigenvalue weighted by Crippen LogP contribution is -2.21. The summed E-state index contributed by atoms with van der Waals surface area (Å²) in [4.78, 5) is 21.1. The molecule has 6 nitrogen and oxygen atoms in total. The number of aromatic nitrogens is 2. The smallest absolute Gasteiger partial charge is 0.358 e. The number of carbonyl (C=O) groups is 1. The summed E-state index contributed by atoms with van der Waals surface area (Å²) in [6.45, 7) is 0. The number of esters is 1. The van der Waals surface area contributed by atoms with Crippen molar-refractivity contribution in [3.8, 4) is 0 Å². The topological polar surface area (TPSA) is 84.3 Å². The van der Waals surface area contributed by atoms with E-state index in [-0.39, 0.29) is 16.6 Å². The van der Waals surface area contributed by atoms with Gasteiger partial charge in [-0.1, -0.05) is 72.3 Å². The number of hydrogen-bond acceptors (Lipinski definition) is 6. The number of ether oxygens (including phenoxy) is 1. The predicted molar refractivity (Wildman–Crippen MR) is 115 cm³/mol. The van der Waals surface area contributed by atoms with Crippen LogP contribution in [-0.2, 0) is 4.74 Å². The van der Waals surface area contributed by atoms with Crippen LogP contribution in [0.3, 0.4) is 0 Å². The fourth-order valence-corrected chi connectivity index (χ4v) is 3.53. The highest BCUT2D eigenvalue weighted by molar-refractivity contribution is 6.35. The minimum atomic E-state index is -0.870. The Labute approximate surface area is 179 Å². The van der Waals surface area contributed by atoms with Gasteiger partial charge in [0.15, 0.2) is 5.69 Å². The molecule has 0 amide bonds. The summed E-state index contributed by atoms with van der Waals surface area (Å²) in [6.07, 6.45) is 1.07. The van der Waals surface area contributed by atoms with Crippen molar-refractivity contribution in [3.63, 3.8) is 0 Å². The van der Waals surface area contributed by atoms with Gasteiger partial charge in [0.2, 0.25) is 0 Å². The number of methoxy groups -OCH3 is 1. The Morgan fingerprint density at radius 1 is 1.07 bits per heavy atom. The van der Waals surface area contributed by atoms with Gasteiger partial charge in [0.05, 0.1) is 13.2 Å². The minimum absolute atomic E-state index is 0.0274. The molecule has 0 aliphatic heterocycles. The van der Waals surface area contributed by atoms with Gasteiger partial charge in [0, 0.05) is 5.92 Å². The molecule has 1 aliphatic rings. The van der Waals surface area contributed by atoms with E-state index in [1.165, 1.54) is 7.11 Å². The Morgan fingerprint density at radius 3 is 2.23 bits per heavy atom. The summed E-state index contributed by atoms with van der Waals surface area (Å²) in [6, 6.07) is 18.4.